The summed E-state index contributed by atoms with van der Waals surface area (Å²) in [7, 11) is 0. The molecule has 0 fully saturated rings. The molecule has 1 aliphatic rings. The lowest BCUT2D eigenvalue weighted by Gasteiger charge is -2.17. The lowest BCUT2D eigenvalue weighted by atomic mass is 10.1. The van der Waals surface area contributed by atoms with Crippen LogP contribution in [0.1, 0.15) is 33.2 Å². The summed E-state index contributed by atoms with van der Waals surface area (Å²) < 4.78 is 42.6. The minimum Gasteiger partial charge on any atom is -0.451 e. The average Bonchev–Trinajstić information content (AvgIpc) is 2.93. The number of esters is 1. The summed E-state index contributed by atoms with van der Waals surface area (Å²) in [5.74, 6) is -3.06. The van der Waals surface area contributed by atoms with E-state index in [2.05, 4.69) is 5.32 Å². The van der Waals surface area contributed by atoms with E-state index in [-0.39, 0.29) is 16.8 Å². The Labute approximate surface area is 168 Å². The highest BCUT2D eigenvalue weighted by Crippen LogP contribution is 2.29. The smallest absolute Gasteiger partial charge is 0.416 e. The first-order valence-electron chi connectivity index (χ1n) is 8.71. The summed E-state index contributed by atoms with van der Waals surface area (Å²) in [5, 5.41) is 2.32. The zero-order valence-corrected chi connectivity index (χ0v) is 15.5. The molecule has 1 atom stereocenters. The van der Waals surface area contributed by atoms with Gasteiger partial charge in [0.05, 0.1) is 16.7 Å². The lowest BCUT2D eigenvalue weighted by Crippen LogP contribution is -2.38. The fourth-order valence-electron chi connectivity index (χ4n) is 2.79. The van der Waals surface area contributed by atoms with Crippen LogP contribution in [0.5, 0.6) is 0 Å². The van der Waals surface area contributed by atoms with Crippen molar-refractivity contribution in [3.8, 4) is 0 Å². The molecule has 156 valence electrons. The van der Waals surface area contributed by atoms with Gasteiger partial charge in [-0.05, 0) is 43.3 Å². The van der Waals surface area contributed by atoms with E-state index in [1.54, 1.807) is 12.1 Å². The van der Waals surface area contributed by atoms with Crippen molar-refractivity contribution in [3.63, 3.8) is 0 Å². The normalized spacial score (nSPS) is 14.3. The van der Waals surface area contributed by atoms with E-state index in [0.717, 1.165) is 24.3 Å². The predicted molar refractivity (Wildman–Crippen MR) is 97.4 cm³/mol. The Morgan fingerprint density at radius 2 is 1.53 bits per heavy atom. The van der Waals surface area contributed by atoms with Crippen molar-refractivity contribution >= 4 is 29.4 Å². The number of hydrogen-bond donors (Lipinski definition) is 1. The van der Waals surface area contributed by atoms with Crippen LogP contribution in [0.25, 0.3) is 0 Å². The van der Waals surface area contributed by atoms with Crippen molar-refractivity contribution in [2.75, 3.05) is 11.9 Å². The van der Waals surface area contributed by atoms with E-state index in [0.29, 0.717) is 4.90 Å². The molecule has 10 heteroatoms. The van der Waals surface area contributed by atoms with Crippen molar-refractivity contribution in [1.29, 1.82) is 0 Å². The van der Waals surface area contributed by atoms with E-state index in [1.807, 2.05) is 0 Å². The molecule has 3 rings (SSSR count). The van der Waals surface area contributed by atoms with Gasteiger partial charge in [0.1, 0.15) is 6.54 Å². The molecule has 30 heavy (non-hydrogen) atoms. The van der Waals surface area contributed by atoms with Crippen LogP contribution in [0.3, 0.4) is 0 Å². The summed E-state index contributed by atoms with van der Waals surface area (Å²) >= 11 is 0. The predicted octanol–water partition coefficient (Wildman–Crippen LogP) is 2.87. The first-order chi connectivity index (χ1) is 14.1. The summed E-state index contributed by atoms with van der Waals surface area (Å²) in [6.45, 7) is 0.573. The molecule has 0 bridgehead atoms. The topological polar surface area (TPSA) is 92.8 Å². The molecule has 1 N–H and O–H groups in total. The molecule has 0 spiro atoms. The van der Waals surface area contributed by atoms with Gasteiger partial charge in [0.2, 0.25) is 0 Å². The molecule has 1 heterocycles. The maximum absolute atomic E-state index is 12.6. The van der Waals surface area contributed by atoms with Gasteiger partial charge < -0.3 is 10.1 Å². The summed E-state index contributed by atoms with van der Waals surface area (Å²) in [6.07, 6.45) is -5.81. The van der Waals surface area contributed by atoms with E-state index in [1.165, 1.54) is 19.1 Å². The molecule has 3 amide bonds. The Bertz CT molecular complexity index is 983. The number of carbonyl (C=O) groups is 4. The number of nitrogens with zero attached hydrogens (tertiary/aromatic N) is 1. The maximum Gasteiger partial charge on any atom is 0.416 e. The number of rotatable bonds is 5. The van der Waals surface area contributed by atoms with E-state index >= 15 is 0 Å². The Balaban J connectivity index is 1.56. The van der Waals surface area contributed by atoms with E-state index in [4.69, 9.17) is 4.74 Å². The number of fused-ring (bicyclic) bond motifs is 1. The van der Waals surface area contributed by atoms with Crippen LogP contribution < -0.4 is 5.32 Å². The molecular weight excluding hydrogens is 405 g/mol. The van der Waals surface area contributed by atoms with Crippen molar-refractivity contribution < 1.29 is 37.1 Å². The summed E-state index contributed by atoms with van der Waals surface area (Å²) in [4.78, 5) is 49.4. The molecule has 0 aliphatic carbocycles. The van der Waals surface area contributed by atoms with Crippen molar-refractivity contribution in [2.24, 2.45) is 0 Å². The molecule has 2 aromatic carbocycles. The number of hydrogen-bond acceptors (Lipinski definition) is 5. The second kappa shape index (κ2) is 7.97. The molecule has 0 saturated heterocycles. The molecule has 7 nitrogen and oxygen atoms in total. The SMILES string of the molecule is CC(OC(=O)CN1C(=O)c2ccccc2C1=O)C(=O)Nc1ccc(C(F)(F)F)cc1. The number of ether oxygens (including phenoxy) is 1. The Morgan fingerprint density at radius 3 is 2.03 bits per heavy atom. The second-order valence-corrected chi connectivity index (χ2v) is 6.44. The number of alkyl halides is 3. The fourth-order valence-corrected chi connectivity index (χ4v) is 2.79. The highest BCUT2D eigenvalue weighted by Gasteiger charge is 2.37. The van der Waals surface area contributed by atoms with Crippen LogP contribution in [0.4, 0.5) is 18.9 Å². The zero-order chi connectivity index (χ0) is 22.1. The van der Waals surface area contributed by atoms with Gasteiger partial charge in [-0.3, -0.25) is 24.1 Å². The number of carbonyl (C=O) groups excluding carboxylic acids is 4. The van der Waals surface area contributed by atoms with Gasteiger partial charge in [-0.15, -0.1) is 0 Å². The molecular formula is C20H15F3N2O5. The van der Waals surface area contributed by atoms with Gasteiger partial charge in [0.25, 0.3) is 17.7 Å². The minimum absolute atomic E-state index is 0.0799. The van der Waals surface area contributed by atoms with E-state index in [9.17, 15) is 32.3 Å². The van der Waals surface area contributed by atoms with Gasteiger partial charge in [-0.1, -0.05) is 12.1 Å². The van der Waals surface area contributed by atoms with Crippen LogP contribution in [0.2, 0.25) is 0 Å². The monoisotopic (exact) mass is 420 g/mol. The Kier molecular flexibility index (Phi) is 5.59. The third kappa shape index (κ3) is 4.32. The quantitative estimate of drug-likeness (QED) is 0.593. The first kappa shape index (κ1) is 21.0. The average molecular weight is 420 g/mol. The zero-order valence-electron chi connectivity index (χ0n) is 15.5. The number of benzene rings is 2. The van der Waals surface area contributed by atoms with Gasteiger partial charge >= 0.3 is 12.1 Å². The molecule has 1 unspecified atom stereocenters. The third-order valence-corrected chi connectivity index (χ3v) is 4.32. The highest BCUT2D eigenvalue weighted by molar-refractivity contribution is 6.22. The number of halogens is 3. The fraction of sp³-hybridized carbons (Fsp3) is 0.200. The van der Waals surface area contributed by atoms with E-state index < -0.39 is 48.1 Å². The molecule has 0 radical (unpaired) electrons. The van der Waals surface area contributed by atoms with Crippen molar-refractivity contribution in [1.82, 2.24) is 4.90 Å². The van der Waals surface area contributed by atoms with Crippen molar-refractivity contribution in [3.05, 3.63) is 65.2 Å². The van der Waals surface area contributed by atoms with Crippen LogP contribution in [0, 0.1) is 0 Å². The van der Waals surface area contributed by atoms with Gasteiger partial charge in [0.15, 0.2) is 6.10 Å². The Morgan fingerprint density at radius 1 is 1.00 bits per heavy atom. The van der Waals surface area contributed by atoms with Crippen LogP contribution in [-0.4, -0.2) is 41.2 Å². The number of amides is 3. The van der Waals surface area contributed by atoms with Crippen molar-refractivity contribution in [2.45, 2.75) is 19.2 Å². The number of nitrogens with one attached hydrogen (secondary N) is 1. The van der Waals surface area contributed by atoms with Crippen LogP contribution in [0.15, 0.2) is 48.5 Å². The molecule has 0 saturated carbocycles. The molecule has 1 aliphatic heterocycles. The van der Waals surface area contributed by atoms with Gasteiger partial charge in [-0.2, -0.15) is 13.2 Å². The molecule has 0 aromatic heterocycles. The lowest BCUT2D eigenvalue weighted by molar-refractivity contribution is -0.153. The largest absolute Gasteiger partial charge is 0.451 e. The van der Waals surface area contributed by atoms with Gasteiger partial charge in [0, 0.05) is 5.69 Å². The van der Waals surface area contributed by atoms with Gasteiger partial charge in [-0.25, -0.2) is 0 Å². The summed E-state index contributed by atoms with van der Waals surface area (Å²) in [5.41, 5.74) is -0.455. The standard InChI is InChI=1S/C20H15F3N2O5/c1-11(17(27)24-13-8-6-12(7-9-13)20(21,22)23)30-16(26)10-25-18(28)14-4-2-3-5-15(14)19(25)29/h2-9,11H,10H2,1H3,(H,24,27). The summed E-state index contributed by atoms with van der Waals surface area (Å²) in [6, 6.07) is 9.81. The Hall–Kier alpha value is -3.69. The first-order valence-corrected chi connectivity index (χ1v) is 8.71. The highest BCUT2D eigenvalue weighted by atomic mass is 19.4. The third-order valence-electron chi connectivity index (χ3n) is 4.32. The molecule has 2 aromatic rings. The minimum atomic E-state index is -4.50. The maximum atomic E-state index is 12.6. The second-order valence-electron chi connectivity index (χ2n) is 6.44. The van der Waals surface area contributed by atoms with Crippen LogP contribution >= 0.6 is 0 Å². The number of anilines is 1. The van der Waals surface area contributed by atoms with Crippen LogP contribution in [-0.2, 0) is 20.5 Å². The number of imide groups is 1.